The highest BCUT2D eigenvalue weighted by molar-refractivity contribution is 8.00. The Morgan fingerprint density at radius 2 is 2.09 bits per heavy atom. The van der Waals surface area contributed by atoms with E-state index in [1.807, 2.05) is 12.1 Å². The molecular formula is C15H18ClNO4S. The molecule has 1 N–H and O–H groups in total. The number of ether oxygens (including phenoxy) is 1. The van der Waals surface area contributed by atoms with Crippen molar-refractivity contribution in [3.63, 3.8) is 0 Å². The Kier molecular flexibility index (Phi) is 6.11. The number of methoxy groups -OCH3 is 1. The van der Waals surface area contributed by atoms with Crippen LogP contribution in [-0.2, 0) is 14.3 Å². The first-order valence-electron chi connectivity index (χ1n) is 6.92. The summed E-state index contributed by atoms with van der Waals surface area (Å²) in [6.07, 6.45) is 0.436. The van der Waals surface area contributed by atoms with E-state index in [1.165, 1.54) is 11.8 Å². The lowest BCUT2D eigenvalue weighted by atomic mass is 10.1. The molecule has 0 radical (unpaired) electrons. The first kappa shape index (κ1) is 17.1. The minimum Gasteiger partial charge on any atom is -0.481 e. The van der Waals surface area contributed by atoms with Gasteiger partial charge in [-0.2, -0.15) is 0 Å². The Labute approximate surface area is 138 Å². The van der Waals surface area contributed by atoms with Crippen molar-refractivity contribution in [1.82, 2.24) is 4.90 Å². The highest BCUT2D eigenvalue weighted by atomic mass is 35.5. The van der Waals surface area contributed by atoms with Crippen LogP contribution in [0, 0.1) is 0 Å². The van der Waals surface area contributed by atoms with Crippen LogP contribution in [0.4, 0.5) is 0 Å². The number of thioether (sulfide) groups is 1. The molecule has 7 heteroatoms. The quantitative estimate of drug-likeness (QED) is 0.804. The summed E-state index contributed by atoms with van der Waals surface area (Å²) >= 11 is 7.24. The van der Waals surface area contributed by atoms with Gasteiger partial charge in [0, 0.05) is 29.6 Å². The van der Waals surface area contributed by atoms with Gasteiger partial charge in [0.15, 0.2) is 0 Å². The predicted molar refractivity (Wildman–Crippen MR) is 85.3 cm³/mol. The van der Waals surface area contributed by atoms with Gasteiger partial charge in [-0.3, -0.25) is 9.59 Å². The van der Waals surface area contributed by atoms with Crippen LogP contribution in [0.3, 0.4) is 0 Å². The van der Waals surface area contributed by atoms with E-state index in [4.69, 9.17) is 21.4 Å². The molecule has 1 aliphatic heterocycles. The third kappa shape index (κ3) is 4.63. The van der Waals surface area contributed by atoms with Crippen LogP contribution in [0.25, 0.3) is 0 Å². The van der Waals surface area contributed by atoms with Crippen LogP contribution < -0.4 is 0 Å². The van der Waals surface area contributed by atoms with Gasteiger partial charge in [0.1, 0.15) is 0 Å². The van der Waals surface area contributed by atoms with Crippen LogP contribution >= 0.6 is 23.4 Å². The van der Waals surface area contributed by atoms with Crippen LogP contribution in [0.5, 0.6) is 0 Å². The van der Waals surface area contributed by atoms with Crippen molar-refractivity contribution in [2.75, 3.05) is 19.4 Å². The van der Waals surface area contributed by atoms with E-state index in [-0.39, 0.29) is 30.2 Å². The third-order valence-corrected chi connectivity index (χ3v) is 4.86. The van der Waals surface area contributed by atoms with Crippen LogP contribution in [0.1, 0.15) is 12.8 Å². The number of aliphatic carboxylic acids is 1. The molecule has 5 nitrogen and oxygen atoms in total. The molecule has 2 rings (SSSR count). The van der Waals surface area contributed by atoms with Crippen LogP contribution in [-0.4, -0.2) is 53.4 Å². The summed E-state index contributed by atoms with van der Waals surface area (Å²) < 4.78 is 5.27. The fraction of sp³-hybridized carbons (Fsp3) is 0.467. The summed E-state index contributed by atoms with van der Waals surface area (Å²) in [5, 5.41) is 9.62. The smallest absolute Gasteiger partial charge is 0.305 e. The molecule has 1 fully saturated rings. The SMILES string of the molecule is COC1CC(CC(=O)O)N(C(=O)CSc2ccc(Cl)cc2)C1. The summed E-state index contributed by atoms with van der Waals surface area (Å²) in [6.45, 7) is 0.453. The normalized spacial score (nSPS) is 21.1. The lowest BCUT2D eigenvalue weighted by Crippen LogP contribution is -2.38. The standard InChI is InChI=1S/C15H18ClNO4S/c1-21-12-6-11(7-15(19)20)17(8-12)14(18)9-22-13-4-2-10(16)3-5-13/h2-5,11-12H,6-9H2,1H3,(H,19,20). The molecule has 1 aromatic carbocycles. The number of likely N-dealkylation sites (tertiary alicyclic amines) is 1. The second-order valence-electron chi connectivity index (χ2n) is 5.13. The fourth-order valence-corrected chi connectivity index (χ4v) is 3.41. The number of amides is 1. The molecule has 1 heterocycles. The highest BCUT2D eigenvalue weighted by Gasteiger charge is 2.36. The summed E-state index contributed by atoms with van der Waals surface area (Å²) in [5.41, 5.74) is 0. The van der Waals surface area contributed by atoms with E-state index < -0.39 is 5.97 Å². The number of halogens is 1. The number of carbonyl (C=O) groups excluding carboxylic acids is 1. The maximum absolute atomic E-state index is 12.4. The maximum atomic E-state index is 12.4. The van der Waals surface area contributed by atoms with Gasteiger partial charge in [0.05, 0.1) is 18.3 Å². The molecular weight excluding hydrogens is 326 g/mol. The topological polar surface area (TPSA) is 66.8 Å². The summed E-state index contributed by atoms with van der Waals surface area (Å²) in [4.78, 5) is 25.9. The predicted octanol–water partition coefficient (Wildman–Crippen LogP) is 2.52. The van der Waals surface area contributed by atoms with Gasteiger partial charge in [-0.25, -0.2) is 0 Å². The molecule has 120 valence electrons. The van der Waals surface area contributed by atoms with E-state index in [0.29, 0.717) is 18.0 Å². The molecule has 1 amide bonds. The van der Waals surface area contributed by atoms with Gasteiger partial charge in [-0.15, -0.1) is 11.8 Å². The van der Waals surface area contributed by atoms with E-state index in [1.54, 1.807) is 24.1 Å². The number of nitrogens with zero attached hydrogens (tertiary/aromatic N) is 1. The number of benzene rings is 1. The molecule has 0 spiro atoms. The Bertz CT molecular complexity index is 537. The Morgan fingerprint density at radius 1 is 1.41 bits per heavy atom. The van der Waals surface area contributed by atoms with Gasteiger partial charge in [0.2, 0.25) is 5.91 Å². The van der Waals surface area contributed by atoms with Gasteiger partial charge in [-0.05, 0) is 30.7 Å². The van der Waals surface area contributed by atoms with Gasteiger partial charge < -0.3 is 14.7 Å². The number of rotatable bonds is 6. The average molecular weight is 344 g/mol. The zero-order chi connectivity index (χ0) is 16.1. The minimum absolute atomic E-state index is 0.0444. The van der Waals surface area contributed by atoms with Gasteiger partial charge in [0.25, 0.3) is 0 Å². The Balaban J connectivity index is 1.94. The van der Waals surface area contributed by atoms with E-state index >= 15 is 0 Å². The largest absolute Gasteiger partial charge is 0.481 e. The van der Waals surface area contributed by atoms with Crippen molar-refractivity contribution in [2.24, 2.45) is 0 Å². The van der Waals surface area contributed by atoms with E-state index in [9.17, 15) is 9.59 Å². The average Bonchev–Trinajstić information content (AvgIpc) is 2.88. The highest BCUT2D eigenvalue weighted by Crippen LogP contribution is 2.26. The lowest BCUT2D eigenvalue weighted by molar-refractivity contribution is -0.139. The summed E-state index contributed by atoms with van der Waals surface area (Å²) in [6, 6.07) is 6.98. The minimum atomic E-state index is -0.898. The molecule has 1 aromatic rings. The van der Waals surface area contributed by atoms with E-state index in [0.717, 1.165) is 4.90 Å². The summed E-state index contributed by atoms with van der Waals surface area (Å²) in [5.74, 6) is -0.690. The molecule has 22 heavy (non-hydrogen) atoms. The van der Waals surface area contributed by atoms with Gasteiger partial charge >= 0.3 is 5.97 Å². The number of carboxylic acid groups (broad SMARTS) is 1. The first-order valence-corrected chi connectivity index (χ1v) is 8.28. The monoisotopic (exact) mass is 343 g/mol. The van der Waals surface area contributed by atoms with Gasteiger partial charge in [-0.1, -0.05) is 11.6 Å². The van der Waals surface area contributed by atoms with Crippen molar-refractivity contribution in [3.8, 4) is 0 Å². The molecule has 0 saturated carbocycles. The van der Waals surface area contributed by atoms with Crippen molar-refractivity contribution >= 4 is 35.2 Å². The second kappa shape index (κ2) is 7.85. The number of carbonyl (C=O) groups is 2. The van der Waals surface area contributed by atoms with Crippen LogP contribution in [0.15, 0.2) is 29.2 Å². The zero-order valence-electron chi connectivity index (χ0n) is 12.2. The van der Waals surface area contributed by atoms with Crippen molar-refractivity contribution in [2.45, 2.75) is 29.9 Å². The Hall–Kier alpha value is -1.24. The second-order valence-corrected chi connectivity index (χ2v) is 6.62. The molecule has 1 aliphatic rings. The van der Waals surface area contributed by atoms with Crippen LogP contribution in [0.2, 0.25) is 5.02 Å². The number of hydrogen-bond acceptors (Lipinski definition) is 4. The molecule has 2 unspecified atom stereocenters. The molecule has 2 atom stereocenters. The first-order chi connectivity index (χ1) is 10.5. The Morgan fingerprint density at radius 3 is 2.68 bits per heavy atom. The molecule has 1 saturated heterocycles. The molecule has 0 aromatic heterocycles. The van der Waals surface area contributed by atoms with Crippen molar-refractivity contribution in [3.05, 3.63) is 29.3 Å². The molecule has 0 aliphatic carbocycles. The van der Waals surface area contributed by atoms with Crippen molar-refractivity contribution in [1.29, 1.82) is 0 Å². The van der Waals surface area contributed by atoms with Crippen molar-refractivity contribution < 1.29 is 19.4 Å². The lowest BCUT2D eigenvalue weighted by Gasteiger charge is -2.23. The van der Waals surface area contributed by atoms with E-state index in [2.05, 4.69) is 0 Å². The maximum Gasteiger partial charge on any atom is 0.305 e. The number of hydrogen-bond donors (Lipinski definition) is 1. The molecule has 0 bridgehead atoms. The zero-order valence-corrected chi connectivity index (χ0v) is 13.8. The fourth-order valence-electron chi connectivity index (χ4n) is 2.50. The third-order valence-electron chi connectivity index (χ3n) is 3.62. The summed E-state index contributed by atoms with van der Waals surface area (Å²) in [7, 11) is 1.58. The number of carboxylic acids is 1.